The van der Waals surface area contributed by atoms with E-state index in [0.717, 1.165) is 6.08 Å². The first-order valence-electron chi connectivity index (χ1n) is 6.95. The fraction of sp³-hybridized carbons (Fsp3) is 0.400. The average molecular weight is 325 g/mol. The molecule has 0 heterocycles. The summed E-state index contributed by atoms with van der Waals surface area (Å²) in [7, 11) is 1.49. The van der Waals surface area contributed by atoms with Gasteiger partial charge in [-0.1, -0.05) is 6.07 Å². The fourth-order valence-corrected chi connectivity index (χ4v) is 1.83. The van der Waals surface area contributed by atoms with E-state index in [2.05, 4.69) is 4.84 Å². The molecule has 0 bridgehead atoms. The van der Waals surface area contributed by atoms with Crippen LogP contribution in [0.4, 0.5) is 0 Å². The zero-order chi connectivity index (χ0) is 17.2. The number of hydrogen-bond donors (Lipinski definition) is 1. The van der Waals surface area contributed by atoms with Crippen molar-refractivity contribution in [1.82, 2.24) is 0 Å². The Bertz CT molecular complexity index is 571. The molecule has 0 aliphatic rings. The number of methoxy groups -OCH3 is 1. The molecule has 126 valence electrons. The van der Waals surface area contributed by atoms with Crippen LogP contribution in [0.1, 0.15) is 25.3 Å². The third-order valence-corrected chi connectivity index (χ3v) is 2.88. The van der Waals surface area contributed by atoms with Crippen molar-refractivity contribution < 1.29 is 29.3 Å². The van der Waals surface area contributed by atoms with Gasteiger partial charge in [-0.05, 0) is 43.5 Å². The highest BCUT2D eigenvalue weighted by atomic mass is 17.0. The maximum atomic E-state index is 10.5. The van der Waals surface area contributed by atoms with E-state index in [1.807, 2.05) is 0 Å². The molecule has 8 heteroatoms. The van der Waals surface area contributed by atoms with E-state index in [0.29, 0.717) is 36.5 Å². The van der Waals surface area contributed by atoms with Gasteiger partial charge >= 0.3 is 5.97 Å². The van der Waals surface area contributed by atoms with Gasteiger partial charge < -0.3 is 19.4 Å². The van der Waals surface area contributed by atoms with Crippen molar-refractivity contribution in [3.8, 4) is 11.5 Å². The van der Waals surface area contributed by atoms with Gasteiger partial charge in [0.05, 0.1) is 13.7 Å². The molecule has 0 saturated heterocycles. The lowest BCUT2D eigenvalue weighted by Gasteiger charge is -2.12. The van der Waals surface area contributed by atoms with E-state index < -0.39 is 17.2 Å². The molecule has 1 unspecified atom stereocenters. The summed E-state index contributed by atoms with van der Waals surface area (Å²) in [5.41, 5.74) is 0.671. The second-order valence-electron chi connectivity index (χ2n) is 4.71. The molecule has 0 aromatic heterocycles. The predicted molar refractivity (Wildman–Crippen MR) is 81.9 cm³/mol. The van der Waals surface area contributed by atoms with Crippen LogP contribution in [0.3, 0.4) is 0 Å². The van der Waals surface area contributed by atoms with E-state index in [4.69, 9.17) is 14.6 Å². The predicted octanol–water partition coefficient (Wildman–Crippen LogP) is 2.55. The molecule has 0 amide bonds. The van der Waals surface area contributed by atoms with Gasteiger partial charge in [-0.15, -0.1) is 10.1 Å². The highest BCUT2D eigenvalue weighted by Gasteiger charge is 2.08. The molecule has 0 fully saturated rings. The van der Waals surface area contributed by atoms with E-state index in [-0.39, 0.29) is 0 Å². The highest BCUT2D eigenvalue weighted by molar-refractivity contribution is 5.85. The fourth-order valence-electron chi connectivity index (χ4n) is 1.83. The zero-order valence-corrected chi connectivity index (χ0v) is 12.9. The van der Waals surface area contributed by atoms with Crippen LogP contribution < -0.4 is 9.47 Å². The van der Waals surface area contributed by atoms with Gasteiger partial charge in [-0.3, -0.25) is 0 Å². The van der Waals surface area contributed by atoms with Crippen molar-refractivity contribution in [1.29, 1.82) is 0 Å². The Morgan fingerprint density at radius 1 is 1.43 bits per heavy atom. The lowest BCUT2D eigenvalue weighted by molar-refractivity contribution is -0.767. The molecule has 1 aromatic carbocycles. The molecule has 0 aliphatic heterocycles. The Morgan fingerprint density at radius 3 is 2.78 bits per heavy atom. The van der Waals surface area contributed by atoms with E-state index >= 15 is 0 Å². The van der Waals surface area contributed by atoms with Gasteiger partial charge in [0.2, 0.25) is 0 Å². The number of ether oxygens (including phenoxy) is 2. The Labute approximate surface area is 133 Å². The molecule has 1 rings (SSSR count). The van der Waals surface area contributed by atoms with Crippen LogP contribution >= 0.6 is 0 Å². The van der Waals surface area contributed by atoms with Crippen molar-refractivity contribution in [3.63, 3.8) is 0 Å². The summed E-state index contributed by atoms with van der Waals surface area (Å²) in [5, 5.41) is 18.0. The number of carboxylic acid groups (broad SMARTS) is 1. The number of hydrogen-bond acceptors (Lipinski definition) is 6. The molecule has 1 N–H and O–H groups in total. The molecule has 0 spiro atoms. The number of nitrogens with zero attached hydrogens (tertiary/aromatic N) is 1. The summed E-state index contributed by atoms with van der Waals surface area (Å²) >= 11 is 0. The maximum absolute atomic E-state index is 10.5. The van der Waals surface area contributed by atoms with Crippen molar-refractivity contribution in [2.45, 2.75) is 25.9 Å². The monoisotopic (exact) mass is 325 g/mol. The minimum absolute atomic E-state index is 0.353. The maximum Gasteiger partial charge on any atom is 0.328 e. The van der Waals surface area contributed by atoms with Crippen LogP contribution in [-0.2, 0) is 9.63 Å². The first kappa shape index (κ1) is 18.3. The SMILES string of the molecule is COc1cc(/C=C/C(=O)O)ccc1OCCCC(C)O[N+](=O)[O-]. The number of benzene rings is 1. The normalized spacial score (nSPS) is 11.9. The number of rotatable bonds is 10. The summed E-state index contributed by atoms with van der Waals surface area (Å²) in [6.45, 7) is 1.97. The summed E-state index contributed by atoms with van der Waals surface area (Å²) < 4.78 is 10.8. The minimum atomic E-state index is -1.03. The zero-order valence-electron chi connectivity index (χ0n) is 12.9. The molecule has 1 atom stereocenters. The number of carbonyl (C=O) groups is 1. The molecular weight excluding hydrogens is 306 g/mol. The van der Waals surface area contributed by atoms with Gasteiger partial charge in [-0.25, -0.2) is 4.79 Å². The Kier molecular flexibility index (Phi) is 7.38. The lowest BCUT2D eigenvalue weighted by Crippen LogP contribution is -2.14. The van der Waals surface area contributed by atoms with Crippen LogP contribution in [0.2, 0.25) is 0 Å². The van der Waals surface area contributed by atoms with Gasteiger partial charge in [0.1, 0.15) is 6.10 Å². The minimum Gasteiger partial charge on any atom is -0.493 e. The summed E-state index contributed by atoms with van der Waals surface area (Å²) in [4.78, 5) is 25.1. The van der Waals surface area contributed by atoms with Gasteiger partial charge in [-0.2, -0.15) is 0 Å². The molecule has 8 nitrogen and oxygen atoms in total. The Morgan fingerprint density at radius 2 is 2.17 bits per heavy atom. The number of carboxylic acids is 1. The molecule has 1 aromatic rings. The molecule has 0 saturated carbocycles. The summed E-state index contributed by atoms with van der Waals surface area (Å²) in [6, 6.07) is 5.04. The van der Waals surface area contributed by atoms with Gasteiger partial charge in [0.15, 0.2) is 11.5 Å². The summed E-state index contributed by atoms with van der Waals surface area (Å²) in [5.74, 6) is -0.0368. The second kappa shape index (κ2) is 9.29. The standard InChI is InChI=1S/C15H19NO7/c1-11(23-16(19)20)4-3-9-22-13-7-5-12(6-8-15(17)18)10-14(13)21-2/h5-8,10-11H,3-4,9H2,1-2H3,(H,17,18)/b8-6+. The van der Waals surface area contributed by atoms with Crippen molar-refractivity contribution in [2.75, 3.05) is 13.7 Å². The Balaban J connectivity index is 2.53. The molecule has 23 heavy (non-hydrogen) atoms. The van der Waals surface area contributed by atoms with Crippen molar-refractivity contribution in [3.05, 3.63) is 40.0 Å². The van der Waals surface area contributed by atoms with E-state index in [1.165, 1.54) is 13.2 Å². The Hall–Kier alpha value is -2.77. The lowest BCUT2D eigenvalue weighted by atomic mass is 10.2. The third kappa shape index (κ3) is 7.16. The highest BCUT2D eigenvalue weighted by Crippen LogP contribution is 2.28. The van der Waals surface area contributed by atoms with Gasteiger partial charge in [0.25, 0.3) is 5.09 Å². The average Bonchev–Trinajstić information content (AvgIpc) is 2.49. The molecule has 0 radical (unpaired) electrons. The molecule has 0 aliphatic carbocycles. The molecular formula is C15H19NO7. The van der Waals surface area contributed by atoms with E-state index in [9.17, 15) is 14.9 Å². The van der Waals surface area contributed by atoms with Crippen LogP contribution in [0.5, 0.6) is 11.5 Å². The topological polar surface area (TPSA) is 108 Å². The van der Waals surface area contributed by atoms with Crippen LogP contribution in [-0.4, -0.2) is 36.0 Å². The van der Waals surface area contributed by atoms with Crippen LogP contribution in [0.15, 0.2) is 24.3 Å². The quantitative estimate of drug-likeness (QED) is 0.305. The largest absolute Gasteiger partial charge is 0.493 e. The second-order valence-corrected chi connectivity index (χ2v) is 4.71. The summed E-state index contributed by atoms with van der Waals surface area (Å²) in [6.07, 6.45) is 3.07. The smallest absolute Gasteiger partial charge is 0.328 e. The van der Waals surface area contributed by atoms with E-state index in [1.54, 1.807) is 25.1 Å². The first-order valence-corrected chi connectivity index (χ1v) is 6.95. The van der Waals surface area contributed by atoms with Crippen molar-refractivity contribution >= 4 is 12.0 Å². The van der Waals surface area contributed by atoms with Crippen LogP contribution in [0, 0.1) is 10.1 Å². The first-order chi connectivity index (χ1) is 10.9. The van der Waals surface area contributed by atoms with Crippen molar-refractivity contribution in [2.24, 2.45) is 0 Å². The van der Waals surface area contributed by atoms with Crippen LogP contribution in [0.25, 0.3) is 6.08 Å². The number of aliphatic carboxylic acids is 1. The third-order valence-electron chi connectivity index (χ3n) is 2.88. The van der Waals surface area contributed by atoms with Gasteiger partial charge in [0, 0.05) is 6.08 Å².